The van der Waals surface area contributed by atoms with Crippen molar-refractivity contribution < 1.29 is 61.6 Å². The third-order valence-electron chi connectivity index (χ3n) is 9.11. The number of nitrogen functional groups attached to an aromatic ring is 1. The van der Waals surface area contributed by atoms with Crippen molar-refractivity contribution in [1.29, 1.82) is 0 Å². The quantitative estimate of drug-likeness (QED) is 0.0780. The fourth-order valence-corrected chi connectivity index (χ4v) is 5.85. The molecule has 2 heterocycles. The number of nitrogens with one attached hydrogen (secondary N) is 1. The molecule has 366 valence electrons. The number of nitrogens with zero attached hydrogens (tertiary/aromatic N) is 4. The number of unbranched alkanes of at least 4 members (excludes halogenated alkanes) is 1. The van der Waals surface area contributed by atoms with E-state index in [-0.39, 0.29) is 6.10 Å². The summed E-state index contributed by atoms with van der Waals surface area (Å²) in [7, 11) is 1.65. The summed E-state index contributed by atoms with van der Waals surface area (Å²) >= 11 is 0. The standard InChI is InChI=1S/C45H78N6O13/c1-5-6-7-41-48-42-43(45(64-38(2)3)50-49-44(42)46)51(41)37-40-10-8-39(9-11-40)36-47-12-13-53-16-17-55-20-21-57-24-25-59-28-29-61-32-33-63-35-34-62-31-30-60-27-26-58-23-22-56-19-18-54-15-14-52-4/h8-11,38,47H,5-7,12-37H2,1-4H3,(H2,46,49). The molecule has 0 fully saturated rings. The number of ether oxygens (including phenoxy) is 13. The normalized spacial score (nSPS) is 11.8. The third-order valence-corrected chi connectivity index (χ3v) is 9.11. The molecule has 3 rings (SSSR count). The SMILES string of the molecule is CCCCc1nc2c(N)nnc(OC(C)C)c2n1Cc1ccc(CNCCOCCOCCOCCOCCOCCOCCOCCOCCOCCOCCOCCOC)cc1. The van der Waals surface area contributed by atoms with Crippen molar-refractivity contribution in [3.63, 3.8) is 0 Å². The molecule has 1 aromatic carbocycles. The van der Waals surface area contributed by atoms with Gasteiger partial charge < -0.3 is 77.2 Å². The second kappa shape index (κ2) is 38.0. The average molecular weight is 911 g/mol. The van der Waals surface area contributed by atoms with E-state index in [4.69, 9.17) is 72.3 Å². The maximum atomic E-state index is 6.20. The number of hydrogen-bond donors (Lipinski definition) is 2. The highest BCUT2D eigenvalue weighted by Gasteiger charge is 2.20. The van der Waals surface area contributed by atoms with E-state index in [0.717, 1.165) is 49.3 Å². The number of imidazole rings is 1. The summed E-state index contributed by atoms with van der Waals surface area (Å²) in [5.41, 5.74) is 9.98. The first-order valence-electron chi connectivity index (χ1n) is 22.8. The first-order chi connectivity index (χ1) is 31.5. The number of methoxy groups -OCH3 is 1. The van der Waals surface area contributed by atoms with Gasteiger partial charge in [-0.3, -0.25) is 0 Å². The van der Waals surface area contributed by atoms with E-state index >= 15 is 0 Å². The largest absolute Gasteiger partial charge is 0.472 e. The van der Waals surface area contributed by atoms with Crippen LogP contribution in [0.15, 0.2) is 24.3 Å². The molecule has 3 N–H and O–H groups in total. The molecule has 3 aromatic rings. The van der Waals surface area contributed by atoms with E-state index in [9.17, 15) is 0 Å². The molecule has 19 nitrogen and oxygen atoms in total. The minimum absolute atomic E-state index is 0.0518. The predicted octanol–water partition coefficient (Wildman–Crippen LogP) is 3.51. The first-order valence-corrected chi connectivity index (χ1v) is 22.8. The van der Waals surface area contributed by atoms with Crippen LogP contribution in [0.25, 0.3) is 11.0 Å². The van der Waals surface area contributed by atoms with Crippen LogP contribution in [-0.2, 0) is 76.4 Å². The number of hydrogen-bond acceptors (Lipinski definition) is 18. The Morgan fingerprint density at radius 2 is 0.969 bits per heavy atom. The van der Waals surface area contributed by atoms with Gasteiger partial charge in [0.2, 0.25) is 0 Å². The summed E-state index contributed by atoms with van der Waals surface area (Å²) < 4.78 is 73.7. The fraction of sp³-hybridized carbons (Fsp3) is 0.756. The third kappa shape index (κ3) is 26.1. The van der Waals surface area contributed by atoms with Crippen molar-refractivity contribution >= 4 is 16.9 Å². The Labute approximate surface area is 380 Å². The Morgan fingerprint density at radius 1 is 0.562 bits per heavy atom. The van der Waals surface area contributed by atoms with Crippen LogP contribution >= 0.6 is 0 Å². The lowest BCUT2D eigenvalue weighted by molar-refractivity contribution is -0.0280. The van der Waals surface area contributed by atoms with E-state index in [2.05, 4.69) is 51.3 Å². The van der Waals surface area contributed by atoms with Crippen molar-refractivity contribution in [2.24, 2.45) is 0 Å². The van der Waals surface area contributed by atoms with Gasteiger partial charge in [-0.05, 0) is 31.4 Å². The van der Waals surface area contributed by atoms with Crippen LogP contribution in [0.3, 0.4) is 0 Å². The zero-order valence-corrected chi connectivity index (χ0v) is 39.1. The van der Waals surface area contributed by atoms with Crippen LogP contribution < -0.4 is 15.8 Å². The summed E-state index contributed by atoms with van der Waals surface area (Å²) in [6.45, 7) is 20.3. The second-order valence-corrected chi connectivity index (χ2v) is 14.7. The van der Waals surface area contributed by atoms with Gasteiger partial charge in [-0.25, -0.2) is 4.98 Å². The van der Waals surface area contributed by atoms with Gasteiger partial charge in [-0.15, -0.1) is 10.2 Å². The molecule has 0 saturated carbocycles. The highest BCUT2D eigenvalue weighted by Crippen LogP contribution is 2.29. The Balaban J connectivity index is 1.04. The van der Waals surface area contributed by atoms with Crippen LogP contribution in [0.4, 0.5) is 5.82 Å². The lowest BCUT2D eigenvalue weighted by atomic mass is 10.1. The van der Waals surface area contributed by atoms with Gasteiger partial charge >= 0.3 is 0 Å². The summed E-state index contributed by atoms with van der Waals surface area (Å²) in [5, 5.41) is 11.8. The monoisotopic (exact) mass is 911 g/mol. The number of nitrogens with two attached hydrogens (primary N) is 1. The Bertz CT molecular complexity index is 1540. The second-order valence-electron chi connectivity index (χ2n) is 14.7. The van der Waals surface area contributed by atoms with Crippen molar-refractivity contribution in [2.75, 3.05) is 171 Å². The van der Waals surface area contributed by atoms with Crippen molar-refractivity contribution in [3.05, 3.63) is 41.2 Å². The molecule has 0 aliphatic heterocycles. The van der Waals surface area contributed by atoms with Crippen LogP contribution in [0.1, 0.15) is 50.6 Å². The Morgan fingerprint density at radius 3 is 1.38 bits per heavy atom. The molecule has 0 aliphatic rings. The zero-order chi connectivity index (χ0) is 45.6. The lowest BCUT2D eigenvalue weighted by Crippen LogP contribution is -2.20. The van der Waals surface area contributed by atoms with Gasteiger partial charge in [0, 0.05) is 33.2 Å². The van der Waals surface area contributed by atoms with E-state index < -0.39 is 0 Å². The van der Waals surface area contributed by atoms with Crippen LogP contribution in [0.2, 0.25) is 0 Å². The topological polar surface area (TPSA) is 202 Å². The minimum Gasteiger partial charge on any atom is -0.472 e. The van der Waals surface area contributed by atoms with Crippen LogP contribution in [0.5, 0.6) is 5.88 Å². The number of rotatable bonds is 45. The van der Waals surface area contributed by atoms with Gasteiger partial charge in [0.05, 0.1) is 158 Å². The molecule has 0 aliphatic carbocycles. The van der Waals surface area contributed by atoms with Gasteiger partial charge in [-0.1, -0.05) is 37.6 Å². The molecule has 19 heteroatoms. The zero-order valence-electron chi connectivity index (χ0n) is 39.1. The molecule has 64 heavy (non-hydrogen) atoms. The van der Waals surface area contributed by atoms with Crippen molar-refractivity contribution in [1.82, 2.24) is 25.1 Å². The molecule has 0 spiro atoms. The molecule has 0 amide bonds. The summed E-state index contributed by atoms with van der Waals surface area (Å²) in [6.07, 6.45) is 2.88. The maximum absolute atomic E-state index is 6.20. The van der Waals surface area contributed by atoms with Gasteiger partial charge in [0.25, 0.3) is 5.88 Å². The maximum Gasteiger partial charge on any atom is 0.260 e. The van der Waals surface area contributed by atoms with E-state index in [1.165, 1.54) is 5.56 Å². The number of aromatic nitrogens is 4. The molecule has 0 radical (unpaired) electrons. The number of benzene rings is 1. The van der Waals surface area contributed by atoms with Crippen molar-refractivity contribution in [2.45, 2.75) is 59.2 Å². The van der Waals surface area contributed by atoms with Gasteiger partial charge in [0.15, 0.2) is 5.82 Å². The number of aryl methyl sites for hydroxylation is 1. The van der Waals surface area contributed by atoms with Gasteiger partial charge in [-0.2, -0.15) is 0 Å². The van der Waals surface area contributed by atoms with E-state index in [1.807, 2.05) is 13.8 Å². The molecular weight excluding hydrogens is 833 g/mol. The average Bonchev–Trinajstić information content (AvgIpc) is 3.66. The van der Waals surface area contributed by atoms with E-state index in [0.29, 0.717) is 176 Å². The highest BCUT2D eigenvalue weighted by molar-refractivity contribution is 5.88. The van der Waals surface area contributed by atoms with Crippen molar-refractivity contribution in [3.8, 4) is 5.88 Å². The summed E-state index contributed by atoms with van der Waals surface area (Å²) in [6, 6.07) is 8.59. The first kappa shape index (κ1) is 55.2. The predicted molar refractivity (Wildman–Crippen MR) is 242 cm³/mol. The number of fused-ring (bicyclic) bond motifs is 1. The highest BCUT2D eigenvalue weighted by atomic mass is 16.6. The summed E-state index contributed by atoms with van der Waals surface area (Å²) in [5.74, 6) is 1.73. The minimum atomic E-state index is -0.0518. The van der Waals surface area contributed by atoms with Crippen LogP contribution in [-0.4, -0.2) is 191 Å². The molecule has 0 saturated heterocycles. The lowest BCUT2D eigenvalue weighted by Gasteiger charge is -2.14. The Kier molecular flexibility index (Phi) is 32.8. The molecule has 0 atom stereocenters. The smallest absolute Gasteiger partial charge is 0.260 e. The molecule has 0 unspecified atom stereocenters. The van der Waals surface area contributed by atoms with Gasteiger partial charge in [0.1, 0.15) is 16.9 Å². The number of anilines is 1. The van der Waals surface area contributed by atoms with E-state index in [1.54, 1.807) is 7.11 Å². The fourth-order valence-electron chi connectivity index (χ4n) is 5.85. The molecule has 2 aromatic heterocycles. The molecule has 0 bridgehead atoms. The Hall–Kier alpha value is -3.15. The van der Waals surface area contributed by atoms with Crippen LogP contribution in [0, 0.1) is 0 Å². The molecular formula is C45H78N6O13. The summed E-state index contributed by atoms with van der Waals surface area (Å²) in [4.78, 5) is 4.87.